The number of para-hydroxylation sites is 2. The number of rotatable bonds is 6. The summed E-state index contributed by atoms with van der Waals surface area (Å²) in [5, 5.41) is 3.22. The molecule has 0 unspecified atom stereocenters. The molecule has 0 saturated carbocycles. The second-order valence-electron chi connectivity index (χ2n) is 9.06. The maximum absolute atomic E-state index is 13.3. The lowest BCUT2D eigenvalue weighted by Crippen LogP contribution is -2.46. The van der Waals surface area contributed by atoms with E-state index in [-0.39, 0.29) is 24.3 Å². The Kier molecular flexibility index (Phi) is 7.33. The number of morpholine rings is 1. The molecule has 0 aliphatic carbocycles. The molecule has 1 N–H and O–H groups in total. The van der Waals surface area contributed by atoms with E-state index in [1.807, 2.05) is 23.1 Å². The van der Waals surface area contributed by atoms with E-state index in [0.29, 0.717) is 6.54 Å². The van der Waals surface area contributed by atoms with Crippen molar-refractivity contribution in [3.63, 3.8) is 0 Å². The zero-order valence-corrected chi connectivity index (χ0v) is 19.5. The monoisotopic (exact) mass is 436 g/mol. The minimum atomic E-state index is -0.0131. The molecule has 2 aliphatic heterocycles. The third-order valence-corrected chi connectivity index (χ3v) is 6.44. The fourth-order valence-corrected chi connectivity index (χ4v) is 5.04. The second kappa shape index (κ2) is 10.4. The molecule has 172 valence electrons. The normalized spacial score (nSPS) is 23.8. The molecule has 2 aromatic rings. The first-order valence-corrected chi connectivity index (χ1v) is 11.9. The largest absolute Gasteiger partial charge is 0.372 e. The highest BCUT2D eigenvalue weighted by atomic mass is 16.5. The predicted molar refractivity (Wildman–Crippen MR) is 130 cm³/mol. The topological polar surface area (TPSA) is 48.1 Å². The molecule has 0 bridgehead atoms. The van der Waals surface area contributed by atoms with Gasteiger partial charge in [0.05, 0.1) is 23.6 Å². The van der Waals surface area contributed by atoms with Gasteiger partial charge in [-0.1, -0.05) is 42.5 Å². The van der Waals surface area contributed by atoms with Crippen molar-refractivity contribution in [2.75, 3.05) is 42.9 Å². The van der Waals surface area contributed by atoms with Gasteiger partial charge in [0.1, 0.15) is 0 Å². The smallest absolute Gasteiger partial charge is 0.322 e. The number of ether oxygens (including phenoxy) is 1. The standard InChI is InChI=1S/C26H36N4O2/c1-4-30(23-14-15-28(19-23)18-22-10-6-5-7-11-22)26(31)27-24-12-8-9-13-25(24)29-16-20(2)32-21(3)17-29/h5-13,20-21,23H,4,14-19H2,1-3H3,(H,27,31)/t20-,21-,23+/m0/s1. The van der Waals surface area contributed by atoms with Gasteiger partial charge in [0.25, 0.3) is 0 Å². The van der Waals surface area contributed by atoms with Crippen LogP contribution in [-0.2, 0) is 11.3 Å². The number of carbonyl (C=O) groups excluding carboxylic acids is 1. The lowest BCUT2D eigenvalue weighted by molar-refractivity contribution is -0.00517. The Bertz CT molecular complexity index is 880. The molecule has 4 rings (SSSR count). The summed E-state index contributed by atoms with van der Waals surface area (Å²) in [6, 6.07) is 18.9. The molecule has 3 atom stereocenters. The van der Waals surface area contributed by atoms with Crippen molar-refractivity contribution in [2.24, 2.45) is 0 Å². The number of nitrogens with one attached hydrogen (secondary N) is 1. The Morgan fingerprint density at radius 3 is 2.44 bits per heavy atom. The van der Waals surface area contributed by atoms with Gasteiger partial charge in [-0.25, -0.2) is 4.79 Å². The van der Waals surface area contributed by atoms with Crippen LogP contribution in [0.4, 0.5) is 16.2 Å². The molecule has 0 radical (unpaired) electrons. The molecule has 0 spiro atoms. The van der Waals surface area contributed by atoms with Gasteiger partial charge in [-0.3, -0.25) is 4.90 Å². The number of hydrogen-bond donors (Lipinski definition) is 1. The molecule has 2 saturated heterocycles. The molecule has 0 aromatic heterocycles. The van der Waals surface area contributed by atoms with Crippen LogP contribution in [0, 0.1) is 0 Å². The van der Waals surface area contributed by atoms with Crippen LogP contribution in [0.5, 0.6) is 0 Å². The highest BCUT2D eigenvalue weighted by molar-refractivity contribution is 5.93. The van der Waals surface area contributed by atoms with E-state index in [9.17, 15) is 4.79 Å². The van der Waals surface area contributed by atoms with Crippen LogP contribution in [-0.4, -0.2) is 66.8 Å². The quantitative estimate of drug-likeness (QED) is 0.728. The Hall–Kier alpha value is -2.57. The van der Waals surface area contributed by atoms with Crippen LogP contribution in [0.15, 0.2) is 54.6 Å². The van der Waals surface area contributed by atoms with Gasteiger partial charge in [-0.05, 0) is 44.9 Å². The van der Waals surface area contributed by atoms with Crippen LogP contribution in [0.1, 0.15) is 32.8 Å². The first-order chi connectivity index (χ1) is 15.5. The van der Waals surface area contributed by atoms with Crippen molar-refractivity contribution < 1.29 is 9.53 Å². The molecule has 6 nitrogen and oxygen atoms in total. The van der Waals surface area contributed by atoms with Gasteiger partial charge >= 0.3 is 6.03 Å². The van der Waals surface area contributed by atoms with Crippen LogP contribution in [0.2, 0.25) is 0 Å². The zero-order chi connectivity index (χ0) is 22.5. The van der Waals surface area contributed by atoms with E-state index in [1.54, 1.807) is 0 Å². The number of nitrogens with zero attached hydrogens (tertiary/aromatic N) is 3. The average Bonchev–Trinajstić information content (AvgIpc) is 3.22. The third kappa shape index (κ3) is 5.43. The average molecular weight is 437 g/mol. The van der Waals surface area contributed by atoms with Gasteiger partial charge in [-0.2, -0.15) is 0 Å². The highest BCUT2D eigenvalue weighted by Gasteiger charge is 2.31. The summed E-state index contributed by atoms with van der Waals surface area (Å²) in [5.74, 6) is 0. The number of amides is 2. The summed E-state index contributed by atoms with van der Waals surface area (Å²) in [5.41, 5.74) is 3.26. The van der Waals surface area contributed by atoms with Crippen molar-refractivity contribution >= 4 is 17.4 Å². The first-order valence-electron chi connectivity index (χ1n) is 11.9. The SMILES string of the molecule is CCN(C(=O)Nc1ccccc1N1C[C@H](C)O[C@@H](C)C1)[C@@H]1CCN(Cc2ccccc2)C1. The molecule has 2 fully saturated rings. The minimum Gasteiger partial charge on any atom is -0.372 e. The molecule has 2 amide bonds. The Labute approximate surface area is 192 Å². The van der Waals surface area contributed by atoms with Gasteiger partial charge in [0.15, 0.2) is 0 Å². The maximum atomic E-state index is 13.3. The molecule has 2 aliphatic rings. The Morgan fingerprint density at radius 1 is 1.03 bits per heavy atom. The summed E-state index contributed by atoms with van der Waals surface area (Å²) in [6.07, 6.45) is 1.35. The van der Waals surface area contributed by atoms with Crippen LogP contribution in [0.25, 0.3) is 0 Å². The summed E-state index contributed by atoms with van der Waals surface area (Å²) >= 11 is 0. The molecule has 2 heterocycles. The van der Waals surface area contributed by atoms with Gasteiger partial charge in [-0.15, -0.1) is 0 Å². The fourth-order valence-electron chi connectivity index (χ4n) is 5.04. The predicted octanol–water partition coefficient (Wildman–Crippen LogP) is 4.43. The number of likely N-dealkylation sites (N-methyl/N-ethyl adjacent to an activating group) is 1. The maximum Gasteiger partial charge on any atom is 0.322 e. The van der Waals surface area contributed by atoms with E-state index in [1.165, 1.54) is 5.56 Å². The Morgan fingerprint density at radius 2 is 1.72 bits per heavy atom. The van der Waals surface area contributed by atoms with E-state index in [0.717, 1.165) is 50.5 Å². The van der Waals surface area contributed by atoms with Gasteiger partial charge in [0.2, 0.25) is 0 Å². The summed E-state index contributed by atoms with van der Waals surface area (Å²) in [4.78, 5) is 20.1. The molecular formula is C26H36N4O2. The van der Waals surface area contributed by atoms with E-state index >= 15 is 0 Å². The first kappa shape index (κ1) is 22.6. The second-order valence-corrected chi connectivity index (χ2v) is 9.06. The molecule has 2 aromatic carbocycles. The van der Waals surface area contributed by atoms with Crippen LogP contribution >= 0.6 is 0 Å². The summed E-state index contributed by atoms with van der Waals surface area (Å²) in [6.45, 7) is 11.5. The summed E-state index contributed by atoms with van der Waals surface area (Å²) < 4.78 is 5.89. The van der Waals surface area contributed by atoms with Crippen molar-refractivity contribution in [3.05, 3.63) is 60.2 Å². The van der Waals surface area contributed by atoms with E-state index < -0.39 is 0 Å². The van der Waals surface area contributed by atoms with E-state index in [4.69, 9.17) is 4.74 Å². The number of hydrogen-bond acceptors (Lipinski definition) is 4. The van der Waals surface area contributed by atoms with Crippen LogP contribution < -0.4 is 10.2 Å². The molecular weight excluding hydrogens is 400 g/mol. The van der Waals surface area contributed by atoms with Gasteiger partial charge < -0.3 is 19.9 Å². The number of carbonyl (C=O) groups is 1. The number of likely N-dealkylation sites (tertiary alicyclic amines) is 1. The molecule has 32 heavy (non-hydrogen) atoms. The highest BCUT2D eigenvalue weighted by Crippen LogP contribution is 2.29. The van der Waals surface area contributed by atoms with Crippen molar-refractivity contribution in [1.29, 1.82) is 0 Å². The summed E-state index contributed by atoms with van der Waals surface area (Å²) in [7, 11) is 0. The third-order valence-electron chi connectivity index (χ3n) is 6.44. The fraction of sp³-hybridized carbons (Fsp3) is 0.500. The molecule has 6 heteroatoms. The lowest BCUT2D eigenvalue weighted by atomic mass is 10.1. The number of anilines is 2. The van der Waals surface area contributed by atoms with Crippen molar-refractivity contribution in [1.82, 2.24) is 9.80 Å². The van der Waals surface area contributed by atoms with Crippen LogP contribution in [0.3, 0.4) is 0 Å². The Balaban J connectivity index is 1.41. The van der Waals surface area contributed by atoms with Gasteiger partial charge in [0, 0.05) is 45.3 Å². The number of urea groups is 1. The zero-order valence-electron chi connectivity index (χ0n) is 19.5. The minimum absolute atomic E-state index is 0.0131. The number of benzene rings is 2. The van der Waals surface area contributed by atoms with Crippen molar-refractivity contribution in [2.45, 2.75) is 52.0 Å². The van der Waals surface area contributed by atoms with Crippen molar-refractivity contribution in [3.8, 4) is 0 Å². The van der Waals surface area contributed by atoms with E-state index in [2.05, 4.69) is 72.3 Å². The lowest BCUT2D eigenvalue weighted by Gasteiger charge is -2.38.